The van der Waals surface area contributed by atoms with Gasteiger partial charge in [-0.05, 0) is 18.5 Å². The SMILES string of the molecule is O=C(CCNC(=O)Cc1ccccc1)NCCCN1CCOCC1. The van der Waals surface area contributed by atoms with Gasteiger partial charge < -0.3 is 15.4 Å². The van der Waals surface area contributed by atoms with Gasteiger partial charge in [0.1, 0.15) is 0 Å². The zero-order valence-corrected chi connectivity index (χ0v) is 14.1. The first-order chi connectivity index (χ1) is 11.7. The van der Waals surface area contributed by atoms with Crippen molar-refractivity contribution in [1.29, 1.82) is 0 Å². The Labute approximate surface area is 143 Å². The molecular weight excluding hydrogens is 306 g/mol. The molecule has 0 aliphatic carbocycles. The molecule has 0 spiro atoms. The summed E-state index contributed by atoms with van der Waals surface area (Å²) in [6, 6.07) is 9.58. The van der Waals surface area contributed by atoms with Gasteiger partial charge in [0.05, 0.1) is 19.6 Å². The van der Waals surface area contributed by atoms with E-state index in [1.165, 1.54) is 0 Å². The highest BCUT2D eigenvalue weighted by molar-refractivity contribution is 5.80. The smallest absolute Gasteiger partial charge is 0.224 e. The van der Waals surface area contributed by atoms with E-state index in [0.717, 1.165) is 44.8 Å². The standard InChI is InChI=1S/C18H27N3O3/c22-17(19-8-4-10-21-11-13-24-14-12-21)7-9-20-18(23)15-16-5-2-1-3-6-16/h1-3,5-6H,4,7-15H2,(H,19,22)(H,20,23). The molecule has 24 heavy (non-hydrogen) atoms. The lowest BCUT2D eigenvalue weighted by atomic mass is 10.1. The molecule has 2 rings (SSSR count). The second-order valence-corrected chi connectivity index (χ2v) is 5.92. The van der Waals surface area contributed by atoms with E-state index in [2.05, 4.69) is 15.5 Å². The molecule has 0 unspecified atom stereocenters. The Hall–Kier alpha value is -1.92. The monoisotopic (exact) mass is 333 g/mol. The topological polar surface area (TPSA) is 70.7 Å². The Morgan fingerprint density at radius 3 is 2.46 bits per heavy atom. The minimum absolute atomic E-state index is 0.0167. The van der Waals surface area contributed by atoms with Gasteiger partial charge in [-0.15, -0.1) is 0 Å². The van der Waals surface area contributed by atoms with Gasteiger partial charge in [0.15, 0.2) is 0 Å². The van der Waals surface area contributed by atoms with Crippen molar-refractivity contribution in [1.82, 2.24) is 15.5 Å². The summed E-state index contributed by atoms with van der Waals surface area (Å²) in [5.74, 6) is -0.0710. The Kier molecular flexibility index (Phi) is 8.27. The summed E-state index contributed by atoms with van der Waals surface area (Å²) < 4.78 is 5.30. The molecule has 1 heterocycles. The van der Waals surface area contributed by atoms with E-state index >= 15 is 0 Å². The molecular formula is C18H27N3O3. The van der Waals surface area contributed by atoms with Crippen LogP contribution in [0.1, 0.15) is 18.4 Å². The number of hydrogen-bond donors (Lipinski definition) is 2. The van der Waals surface area contributed by atoms with Crippen LogP contribution in [0.4, 0.5) is 0 Å². The molecule has 1 aromatic carbocycles. The summed E-state index contributed by atoms with van der Waals surface area (Å²) in [4.78, 5) is 25.9. The third-order valence-electron chi connectivity index (χ3n) is 3.96. The molecule has 2 amide bonds. The van der Waals surface area contributed by atoms with Gasteiger partial charge in [-0.25, -0.2) is 0 Å². The van der Waals surface area contributed by atoms with Crippen molar-refractivity contribution in [2.75, 3.05) is 45.9 Å². The number of nitrogens with zero attached hydrogens (tertiary/aromatic N) is 1. The van der Waals surface area contributed by atoms with Crippen LogP contribution in [0.5, 0.6) is 0 Å². The number of amides is 2. The highest BCUT2D eigenvalue weighted by atomic mass is 16.5. The summed E-state index contributed by atoms with van der Waals surface area (Å²) in [7, 11) is 0. The van der Waals surface area contributed by atoms with Crippen LogP contribution in [0.15, 0.2) is 30.3 Å². The first-order valence-corrected chi connectivity index (χ1v) is 8.61. The van der Waals surface area contributed by atoms with E-state index in [0.29, 0.717) is 25.9 Å². The summed E-state index contributed by atoms with van der Waals surface area (Å²) in [6.45, 7) is 5.58. The Morgan fingerprint density at radius 1 is 1.00 bits per heavy atom. The van der Waals surface area contributed by atoms with Crippen molar-refractivity contribution >= 4 is 11.8 Å². The van der Waals surface area contributed by atoms with E-state index in [4.69, 9.17) is 4.74 Å². The van der Waals surface area contributed by atoms with Gasteiger partial charge in [0.25, 0.3) is 0 Å². The van der Waals surface area contributed by atoms with Gasteiger partial charge >= 0.3 is 0 Å². The number of carbonyl (C=O) groups is 2. The molecule has 1 fully saturated rings. The molecule has 1 aromatic rings. The van der Waals surface area contributed by atoms with Gasteiger partial charge in [-0.1, -0.05) is 30.3 Å². The van der Waals surface area contributed by atoms with Crippen molar-refractivity contribution in [3.8, 4) is 0 Å². The maximum atomic E-state index is 11.8. The first kappa shape index (κ1) is 18.4. The Morgan fingerprint density at radius 2 is 1.71 bits per heavy atom. The first-order valence-electron chi connectivity index (χ1n) is 8.61. The minimum Gasteiger partial charge on any atom is -0.379 e. The number of benzene rings is 1. The molecule has 2 N–H and O–H groups in total. The number of ether oxygens (including phenoxy) is 1. The number of carbonyl (C=O) groups excluding carboxylic acids is 2. The Balaban J connectivity index is 1.48. The summed E-state index contributed by atoms with van der Waals surface area (Å²) in [5, 5.41) is 5.68. The molecule has 0 bridgehead atoms. The Bertz CT molecular complexity index is 501. The molecule has 6 nitrogen and oxygen atoms in total. The fraction of sp³-hybridized carbons (Fsp3) is 0.556. The zero-order chi connectivity index (χ0) is 17.0. The summed E-state index contributed by atoms with van der Waals surface area (Å²) in [5.41, 5.74) is 0.975. The average molecular weight is 333 g/mol. The summed E-state index contributed by atoms with van der Waals surface area (Å²) in [6.07, 6.45) is 1.60. The average Bonchev–Trinajstić information content (AvgIpc) is 2.60. The fourth-order valence-electron chi connectivity index (χ4n) is 2.60. The highest BCUT2D eigenvalue weighted by Gasteiger charge is 2.09. The molecule has 132 valence electrons. The molecule has 6 heteroatoms. The number of rotatable bonds is 9. The van der Waals surface area contributed by atoms with Crippen LogP contribution >= 0.6 is 0 Å². The van der Waals surface area contributed by atoms with Gasteiger partial charge in [-0.2, -0.15) is 0 Å². The van der Waals surface area contributed by atoms with Crippen LogP contribution in [0.2, 0.25) is 0 Å². The predicted octanol–water partition coefficient (Wildman–Crippen LogP) is 0.574. The maximum absolute atomic E-state index is 11.8. The molecule has 1 saturated heterocycles. The normalized spacial score (nSPS) is 15.0. The van der Waals surface area contributed by atoms with Gasteiger partial charge in [0, 0.05) is 32.6 Å². The van der Waals surface area contributed by atoms with Crippen molar-refractivity contribution < 1.29 is 14.3 Å². The summed E-state index contributed by atoms with van der Waals surface area (Å²) >= 11 is 0. The number of nitrogens with one attached hydrogen (secondary N) is 2. The predicted molar refractivity (Wildman–Crippen MR) is 92.7 cm³/mol. The second-order valence-electron chi connectivity index (χ2n) is 5.92. The second kappa shape index (κ2) is 10.8. The third-order valence-corrected chi connectivity index (χ3v) is 3.96. The van der Waals surface area contributed by atoms with E-state index < -0.39 is 0 Å². The van der Waals surface area contributed by atoms with Crippen LogP contribution in [0, 0.1) is 0 Å². The van der Waals surface area contributed by atoms with Gasteiger partial charge in [-0.3, -0.25) is 14.5 Å². The lowest BCUT2D eigenvalue weighted by Crippen LogP contribution is -2.38. The van der Waals surface area contributed by atoms with Crippen molar-refractivity contribution in [2.24, 2.45) is 0 Å². The zero-order valence-electron chi connectivity index (χ0n) is 14.1. The molecule has 1 aliphatic heterocycles. The van der Waals surface area contributed by atoms with Crippen molar-refractivity contribution in [3.05, 3.63) is 35.9 Å². The van der Waals surface area contributed by atoms with Crippen LogP contribution in [0.25, 0.3) is 0 Å². The number of hydrogen-bond acceptors (Lipinski definition) is 4. The lowest BCUT2D eigenvalue weighted by molar-refractivity contribution is -0.122. The van der Waals surface area contributed by atoms with Crippen LogP contribution in [-0.4, -0.2) is 62.7 Å². The maximum Gasteiger partial charge on any atom is 0.224 e. The molecule has 1 aliphatic rings. The van der Waals surface area contributed by atoms with Crippen LogP contribution in [0.3, 0.4) is 0 Å². The van der Waals surface area contributed by atoms with Crippen molar-refractivity contribution in [3.63, 3.8) is 0 Å². The lowest BCUT2D eigenvalue weighted by Gasteiger charge is -2.26. The molecule has 0 atom stereocenters. The molecule has 0 saturated carbocycles. The third kappa shape index (κ3) is 7.57. The largest absolute Gasteiger partial charge is 0.379 e. The van der Waals surface area contributed by atoms with E-state index in [-0.39, 0.29) is 11.8 Å². The fourth-order valence-corrected chi connectivity index (χ4v) is 2.60. The van der Waals surface area contributed by atoms with Crippen LogP contribution in [-0.2, 0) is 20.7 Å². The molecule has 0 aromatic heterocycles. The quantitative estimate of drug-likeness (QED) is 0.649. The van der Waals surface area contributed by atoms with Crippen LogP contribution < -0.4 is 10.6 Å². The highest BCUT2D eigenvalue weighted by Crippen LogP contribution is 1.99. The molecule has 0 radical (unpaired) electrons. The number of morpholine rings is 1. The van der Waals surface area contributed by atoms with Crippen molar-refractivity contribution in [2.45, 2.75) is 19.3 Å². The minimum atomic E-state index is -0.0543. The van der Waals surface area contributed by atoms with E-state index in [1.807, 2.05) is 30.3 Å². The van der Waals surface area contributed by atoms with Gasteiger partial charge in [0.2, 0.25) is 11.8 Å². The van der Waals surface area contributed by atoms with E-state index in [9.17, 15) is 9.59 Å². The van der Waals surface area contributed by atoms with E-state index in [1.54, 1.807) is 0 Å².